The van der Waals surface area contributed by atoms with Gasteiger partial charge in [-0.15, -0.1) is 0 Å². The number of aromatic nitrogens is 2. The molecule has 2 aromatic carbocycles. The average Bonchev–Trinajstić information content (AvgIpc) is 3.44. The first kappa shape index (κ1) is 24.3. The zero-order valence-corrected chi connectivity index (χ0v) is 21.5. The largest absolute Gasteiger partial charge is 0.361 e. The van der Waals surface area contributed by atoms with Gasteiger partial charge in [0.05, 0.1) is 10.5 Å². The van der Waals surface area contributed by atoms with E-state index in [0.717, 1.165) is 32.9 Å². The topological polar surface area (TPSA) is 72.2 Å². The summed E-state index contributed by atoms with van der Waals surface area (Å²) in [5.41, 5.74) is 4.34. The Balaban J connectivity index is 1.55. The van der Waals surface area contributed by atoms with Crippen molar-refractivity contribution in [2.75, 3.05) is 28.2 Å². The zero-order chi connectivity index (χ0) is 24.2. The van der Waals surface area contributed by atoms with Crippen LogP contribution in [-0.4, -0.2) is 70.3 Å². The van der Waals surface area contributed by atoms with Gasteiger partial charge >= 0.3 is 0 Å². The predicted molar refractivity (Wildman–Crippen MR) is 144 cm³/mol. The minimum absolute atomic E-state index is 0.0472. The number of hydrogen-bond acceptors (Lipinski definition) is 4. The molecule has 2 amide bonds. The number of carbonyl (C=O) groups is 2. The molecule has 2 N–H and O–H groups in total. The molecule has 178 valence electrons. The molecule has 0 saturated carbocycles. The lowest BCUT2D eigenvalue weighted by atomic mass is 10.1. The van der Waals surface area contributed by atoms with Crippen LogP contribution in [0, 0.1) is 0 Å². The SMILES string of the molecule is CN(C)C(=O)C(Cc1c[nH]c2ccccc12)SSC(Cc1c[nH]c2ccccc12)C(=O)N(C)C. The normalized spacial score (nSPS) is 13.2. The van der Waals surface area contributed by atoms with Crippen LogP contribution in [0.2, 0.25) is 0 Å². The Bertz CT molecular complexity index is 1190. The second kappa shape index (κ2) is 10.6. The third kappa shape index (κ3) is 5.28. The molecule has 34 heavy (non-hydrogen) atoms. The summed E-state index contributed by atoms with van der Waals surface area (Å²) < 4.78 is 0. The van der Waals surface area contributed by atoms with Crippen molar-refractivity contribution in [3.8, 4) is 0 Å². The molecule has 0 fully saturated rings. The Morgan fingerprint density at radius 3 is 1.47 bits per heavy atom. The van der Waals surface area contributed by atoms with Crippen LogP contribution in [0.15, 0.2) is 60.9 Å². The quantitative estimate of drug-likeness (QED) is 0.330. The number of carbonyl (C=O) groups excluding carboxylic acids is 2. The van der Waals surface area contributed by atoms with E-state index in [1.807, 2.05) is 48.8 Å². The smallest absolute Gasteiger partial charge is 0.236 e. The first-order valence-corrected chi connectivity index (χ1v) is 13.5. The second-order valence-corrected chi connectivity index (χ2v) is 11.4. The fourth-order valence-electron chi connectivity index (χ4n) is 4.04. The van der Waals surface area contributed by atoms with Crippen molar-refractivity contribution in [1.82, 2.24) is 19.8 Å². The zero-order valence-electron chi connectivity index (χ0n) is 19.9. The molecule has 0 spiro atoms. The Hall–Kier alpha value is -2.84. The van der Waals surface area contributed by atoms with Crippen LogP contribution in [0.5, 0.6) is 0 Å². The van der Waals surface area contributed by atoms with E-state index in [9.17, 15) is 9.59 Å². The van der Waals surface area contributed by atoms with E-state index in [0.29, 0.717) is 12.8 Å². The minimum Gasteiger partial charge on any atom is -0.361 e. The first-order valence-electron chi connectivity index (χ1n) is 11.2. The van der Waals surface area contributed by atoms with E-state index in [4.69, 9.17) is 0 Å². The van der Waals surface area contributed by atoms with Gasteiger partial charge in [-0.2, -0.15) is 0 Å². The van der Waals surface area contributed by atoms with Gasteiger partial charge in [0.15, 0.2) is 0 Å². The summed E-state index contributed by atoms with van der Waals surface area (Å²) in [6.07, 6.45) is 5.16. The van der Waals surface area contributed by atoms with Gasteiger partial charge < -0.3 is 19.8 Å². The molecule has 6 nitrogen and oxygen atoms in total. The molecule has 2 heterocycles. The molecule has 0 aliphatic carbocycles. The Morgan fingerprint density at radius 1 is 0.706 bits per heavy atom. The van der Waals surface area contributed by atoms with Crippen molar-refractivity contribution >= 4 is 55.2 Å². The third-order valence-electron chi connectivity index (χ3n) is 5.88. The molecule has 4 rings (SSSR count). The summed E-state index contributed by atoms with van der Waals surface area (Å²) in [6, 6.07) is 16.2. The van der Waals surface area contributed by atoms with Crippen molar-refractivity contribution in [2.45, 2.75) is 23.3 Å². The van der Waals surface area contributed by atoms with Gasteiger partial charge in [-0.25, -0.2) is 0 Å². The second-order valence-electron chi connectivity index (χ2n) is 8.76. The van der Waals surface area contributed by atoms with E-state index in [2.05, 4.69) is 22.1 Å². The van der Waals surface area contributed by atoms with Crippen LogP contribution in [-0.2, 0) is 22.4 Å². The molecular formula is C26H30N4O2S2. The maximum atomic E-state index is 13.1. The van der Waals surface area contributed by atoms with Gasteiger partial charge in [-0.05, 0) is 36.1 Å². The molecule has 0 saturated heterocycles. The van der Waals surface area contributed by atoms with Crippen LogP contribution in [0.1, 0.15) is 11.1 Å². The number of amides is 2. The summed E-state index contributed by atoms with van der Waals surface area (Å²) in [5, 5.41) is 1.65. The number of fused-ring (bicyclic) bond motifs is 2. The lowest BCUT2D eigenvalue weighted by Gasteiger charge is -2.23. The summed E-state index contributed by atoms with van der Waals surface area (Å²) in [6.45, 7) is 0. The number of benzene rings is 2. The summed E-state index contributed by atoms with van der Waals surface area (Å²) in [7, 11) is 10.1. The minimum atomic E-state index is -0.306. The highest BCUT2D eigenvalue weighted by molar-refractivity contribution is 8.77. The van der Waals surface area contributed by atoms with Crippen LogP contribution in [0.3, 0.4) is 0 Å². The number of H-pyrrole nitrogens is 2. The molecular weight excluding hydrogens is 464 g/mol. The van der Waals surface area contributed by atoms with E-state index in [-0.39, 0.29) is 22.3 Å². The molecule has 2 unspecified atom stereocenters. The number of para-hydroxylation sites is 2. The van der Waals surface area contributed by atoms with Crippen molar-refractivity contribution in [3.63, 3.8) is 0 Å². The number of rotatable bonds is 9. The monoisotopic (exact) mass is 494 g/mol. The molecule has 2 atom stereocenters. The van der Waals surface area contributed by atoms with E-state index >= 15 is 0 Å². The van der Waals surface area contributed by atoms with Crippen LogP contribution >= 0.6 is 21.6 Å². The number of hydrogen-bond donors (Lipinski definition) is 2. The fraction of sp³-hybridized carbons (Fsp3) is 0.308. The molecule has 8 heteroatoms. The number of aromatic amines is 2. The summed E-state index contributed by atoms with van der Waals surface area (Å²) in [5.74, 6) is 0.0943. The van der Waals surface area contributed by atoms with Gasteiger partial charge in [-0.3, -0.25) is 9.59 Å². The van der Waals surface area contributed by atoms with E-state index in [1.165, 1.54) is 21.6 Å². The highest BCUT2D eigenvalue weighted by Gasteiger charge is 2.29. The average molecular weight is 495 g/mol. The van der Waals surface area contributed by atoms with Crippen molar-refractivity contribution in [3.05, 3.63) is 72.1 Å². The molecule has 0 aliphatic heterocycles. The molecule has 0 bridgehead atoms. The van der Waals surface area contributed by atoms with Gasteiger partial charge in [0.25, 0.3) is 0 Å². The van der Waals surface area contributed by atoms with Crippen LogP contribution in [0.4, 0.5) is 0 Å². The standard InChI is InChI=1S/C26H30N4O2S2/c1-29(2)25(31)23(13-17-15-27-21-11-7-5-9-19(17)21)33-34-24(26(32)30(3)4)14-18-16-28-22-12-8-6-10-20(18)22/h5-12,15-16,23-24,27-28H,13-14H2,1-4H3. The highest BCUT2D eigenvalue weighted by atomic mass is 33.1. The third-order valence-corrected chi connectivity index (χ3v) is 8.92. The van der Waals surface area contributed by atoms with Crippen LogP contribution in [0.25, 0.3) is 21.8 Å². The summed E-state index contributed by atoms with van der Waals surface area (Å²) in [4.78, 5) is 36.1. The van der Waals surface area contributed by atoms with Gasteiger partial charge in [0, 0.05) is 62.4 Å². The highest BCUT2D eigenvalue weighted by Crippen LogP contribution is 2.37. The Kier molecular flexibility index (Phi) is 7.58. The Morgan fingerprint density at radius 2 is 1.09 bits per heavy atom. The fourth-order valence-corrected chi connectivity index (χ4v) is 7.09. The molecule has 2 aromatic heterocycles. The summed E-state index contributed by atoms with van der Waals surface area (Å²) >= 11 is 0. The Labute approximate surface area is 207 Å². The predicted octanol–water partition coefficient (Wildman–Crippen LogP) is 4.73. The maximum Gasteiger partial charge on any atom is 0.236 e. The van der Waals surface area contributed by atoms with Gasteiger partial charge in [-0.1, -0.05) is 58.0 Å². The number of nitrogens with one attached hydrogen (secondary N) is 2. The van der Waals surface area contributed by atoms with Crippen LogP contribution < -0.4 is 0 Å². The lowest BCUT2D eigenvalue weighted by Crippen LogP contribution is -2.35. The molecule has 4 aromatic rings. The van der Waals surface area contributed by atoms with Gasteiger partial charge in [0.2, 0.25) is 11.8 Å². The van der Waals surface area contributed by atoms with Crippen molar-refractivity contribution in [1.29, 1.82) is 0 Å². The molecule has 0 aliphatic rings. The lowest BCUT2D eigenvalue weighted by molar-refractivity contribution is -0.128. The molecule has 0 radical (unpaired) electrons. The van der Waals surface area contributed by atoms with E-state index in [1.54, 1.807) is 38.0 Å². The van der Waals surface area contributed by atoms with Crippen molar-refractivity contribution in [2.24, 2.45) is 0 Å². The number of nitrogens with zero attached hydrogens (tertiary/aromatic N) is 2. The van der Waals surface area contributed by atoms with Gasteiger partial charge in [0.1, 0.15) is 0 Å². The first-order chi connectivity index (χ1) is 16.3. The maximum absolute atomic E-state index is 13.1. The van der Waals surface area contributed by atoms with Crippen molar-refractivity contribution < 1.29 is 9.59 Å². The van der Waals surface area contributed by atoms with E-state index < -0.39 is 0 Å².